The van der Waals surface area contributed by atoms with Gasteiger partial charge in [0.2, 0.25) is 5.82 Å². The molecular weight excluding hydrogens is 267 g/mol. The molecule has 0 atom stereocenters. The summed E-state index contributed by atoms with van der Waals surface area (Å²) < 4.78 is 66.3. The molecule has 7 heteroatoms. The maximum atomic E-state index is 13.6. The monoisotopic (exact) mass is 278 g/mol. The minimum atomic E-state index is -2.19. The minimum Gasteiger partial charge on any atom is -0.363 e. The fourth-order valence-electron chi connectivity index (χ4n) is 1.64. The van der Waals surface area contributed by atoms with Crippen molar-refractivity contribution in [2.45, 2.75) is 26.3 Å². The van der Waals surface area contributed by atoms with Gasteiger partial charge in [0.1, 0.15) is 5.69 Å². The van der Waals surface area contributed by atoms with Gasteiger partial charge in [-0.05, 0) is 13.8 Å². The van der Waals surface area contributed by atoms with Crippen LogP contribution in [0.3, 0.4) is 0 Å². The summed E-state index contributed by atoms with van der Waals surface area (Å²) >= 11 is 0. The van der Waals surface area contributed by atoms with Gasteiger partial charge in [-0.2, -0.15) is 5.26 Å². The molecule has 0 spiro atoms. The zero-order valence-electron chi connectivity index (χ0n) is 10.3. The Kier molecular flexibility index (Phi) is 4.70. The molecular formula is C12H11F5N2. The standard InChI is InChI=1S/C12H11F5N2/c1-6(2)19(5-3-4-18)12-10(16)8(14)7(13)9(15)11(12)17/h6H,3,5H2,1-2H3. The van der Waals surface area contributed by atoms with Crippen molar-refractivity contribution in [1.82, 2.24) is 0 Å². The summed E-state index contributed by atoms with van der Waals surface area (Å²) in [5, 5.41) is 8.46. The topological polar surface area (TPSA) is 27.0 Å². The Labute approximate surface area is 107 Å². The summed E-state index contributed by atoms with van der Waals surface area (Å²) in [6, 6.07) is 1.23. The Morgan fingerprint density at radius 2 is 1.37 bits per heavy atom. The van der Waals surface area contributed by atoms with Crippen LogP contribution in [0.15, 0.2) is 0 Å². The predicted molar refractivity (Wildman–Crippen MR) is 58.9 cm³/mol. The number of hydrogen-bond donors (Lipinski definition) is 0. The molecule has 104 valence electrons. The highest BCUT2D eigenvalue weighted by Crippen LogP contribution is 2.31. The van der Waals surface area contributed by atoms with Gasteiger partial charge in [-0.1, -0.05) is 0 Å². The molecule has 0 radical (unpaired) electrons. The second-order valence-electron chi connectivity index (χ2n) is 4.11. The van der Waals surface area contributed by atoms with Crippen LogP contribution >= 0.6 is 0 Å². The Morgan fingerprint density at radius 3 is 1.74 bits per heavy atom. The van der Waals surface area contributed by atoms with Gasteiger partial charge in [-0.25, -0.2) is 22.0 Å². The smallest absolute Gasteiger partial charge is 0.200 e. The van der Waals surface area contributed by atoms with E-state index in [-0.39, 0.29) is 13.0 Å². The van der Waals surface area contributed by atoms with Crippen molar-refractivity contribution in [2.75, 3.05) is 11.4 Å². The molecule has 0 N–H and O–H groups in total. The van der Waals surface area contributed by atoms with Gasteiger partial charge in [0, 0.05) is 12.6 Å². The average molecular weight is 278 g/mol. The quantitative estimate of drug-likeness (QED) is 0.479. The largest absolute Gasteiger partial charge is 0.363 e. The molecule has 19 heavy (non-hydrogen) atoms. The predicted octanol–water partition coefficient (Wildman–Crippen LogP) is 3.51. The number of hydrogen-bond acceptors (Lipinski definition) is 2. The van der Waals surface area contributed by atoms with Crippen molar-refractivity contribution < 1.29 is 22.0 Å². The molecule has 1 aromatic carbocycles. The van der Waals surface area contributed by atoms with Gasteiger partial charge in [0.25, 0.3) is 0 Å². The van der Waals surface area contributed by atoms with E-state index in [1.54, 1.807) is 6.07 Å². The highest BCUT2D eigenvalue weighted by atomic mass is 19.2. The molecule has 1 rings (SSSR count). The van der Waals surface area contributed by atoms with Gasteiger partial charge in [0.15, 0.2) is 23.3 Å². The molecule has 0 fully saturated rings. The number of nitrogens with zero attached hydrogens (tertiary/aromatic N) is 2. The molecule has 0 heterocycles. The molecule has 0 saturated carbocycles. The lowest BCUT2D eigenvalue weighted by Gasteiger charge is -2.29. The van der Waals surface area contributed by atoms with Crippen molar-refractivity contribution in [1.29, 1.82) is 5.26 Å². The first-order valence-electron chi connectivity index (χ1n) is 5.47. The van der Waals surface area contributed by atoms with E-state index >= 15 is 0 Å². The summed E-state index contributed by atoms with van der Waals surface area (Å²) in [6.07, 6.45) is -0.0995. The van der Waals surface area contributed by atoms with Crippen LogP contribution in [0.5, 0.6) is 0 Å². The van der Waals surface area contributed by atoms with Gasteiger partial charge in [-0.15, -0.1) is 0 Å². The van der Waals surface area contributed by atoms with Crippen molar-refractivity contribution in [3.63, 3.8) is 0 Å². The van der Waals surface area contributed by atoms with Crippen LogP contribution in [0.1, 0.15) is 20.3 Å². The van der Waals surface area contributed by atoms with Crippen LogP contribution in [-0.4, -0.2) is 12.6 Å². The number of halogens is 5. The molecule has 0 amide bonds. The highest BCUT2D eigenvalue weighted by molar-refractivity contribution is 5.51. The van der Waals surface area contributed by atoms with Crippen LogP contribution in [0.25, 0.3) is 0 Å². The van der Waals surface area contributed by atoms with Crippen LogP contribution in [-0.2, 0) is 0 Å². The molecule has 2 nitrogen and oxygen atoms in total. The number of anilines is 1. The lowest BCUT2D eigenvalue weighted by atomic mass is 10.2. The molecule has 0 aliphatic carbocycles. The van der Waals surface area contributed by atoms with E-state index in [2.05, 4.69) is 0 Å². The minimum absolute atomic E-state index is 0.0995. The lowest BCUT2D eigenvalue weighted by Crippen LogP contribution is -2.34. The zero-order chi connectivity index (χ0) is 14.7. The first-order chi connectivity index (χ1) is 8.82. The molecule has 0 bridgehead atoms. The summed E-state index contributed by atoms with van der Waals surface area (Å²) in [4.78, 5) is 0.972. The number of benzene rings is 1. The SMILES string of the molecule is CC(C)N(CCC#N)c1c(F)c(F)c(F)c(F)c1F. The zero-order valence-corrected chi connectivity index (χ0v) is 10.3. The van der Waals surface area contributed by atoms with Gasteiger partial charge in [0.05, 0.1) is 12.5 Å². The maximum absolute atomic E-state index is 13.6. The van der Waals surface area contributed by atoms with Crippen LogP contribution in [0, 0.1) is 40.4 Å². The van der Waals surface area contributed by atoms with E-state index in [0.29, 0.717) is 0 Å². The van der Waals surface area contributed by atoms with E-state index in [1.807, 2.05) is 0 Å². The van der Waals surface area contributed by atoms with Crippen molar-refractivity contribution in [3.05, 3.63) is 29.1 Å². The van der Waals surface area contributed by atoms with Crippen molar-refractivity contribution in [2.24, 2.45) is 0 Å². The number of rotatable bonds is 4. The average Bonchev–Trinajstić information content (AvgIpc) is 2.37. The maximum Gasteiger partial charge on any atom is 0.200 e. The highest BCUT2D eigenvalue weighted by Gasteiger charge is 2.29. The van der Waals surface area contributed by atoms with Crippen molar-refractivity contribution >= 4 is 5.69 Å². The summed E-state index contributed by atoms with van der Waals surface area (Å²) in [5.41, 5.74) is -0.998. The van der Waals surface area contributed by atoms with Crippen LogP contribution in [0.2, 0.25) is 0 Å². The molecule has 0 aromatic heterocycles. The third kappa shape index (κ3) is 2.78. The van der Waals surface area contributed by atoms with Gasteiger partial charge in [-0.3, -0.25) is 0 Å². The normalized spacial score (nSPS) is 10.7. The fraction of sp³-hybridized carbons (Fsp3) is 0.417. The van der Waals surface area contributed by atoms with Crippen molar-refractivity contribution in [3.8, 4) is 6.07 Å². The Hall–Kier alpha value is -1.84. The molecule has 1 aromatic rings. The fourth-order valence-corrected chi connectivity index (χ4v) is 1.64. The molecule has 0 unspecified atom stereocenters. The van der Waals surface area contributed by atoms with E-state index < -0.39 is 40.8 Å². The van der Waals surface area contributed by atoms with Crippen LogP contribution < -0.4 is 4.90 Å². The third-order valence-electron chi connectivity index (χ3n) is 2.56. The molecule has 0 aliphatic heterocycles. The summed E-state index contributed by atoms with van der Waals surface area (Å²) in [5.74, 6) is -9.94. The van der Waals surface area contributed by atoms with E-state index in [1.165, 1.54) is 13.8 Å². The lowest BCUT2D eigenvalue weighted by molar-refractivity contribution is 0.376. The summed E-state index contributed by atoms with van der Waals surface area (Å²) in [7, 11) is 0. The second-order valence-corrected chi connectivity index (χ2v) is 4.11. The first kappa shape index (κ1) is 15.2. The molecule has 0 aliphatic rings. The Bertz CT molecular complexity index is 493. The van der Waals surface area contributed by atoms with Gasteiger partial charge >= 0.3 is 0 Å². The van der Waals surface area contributed by atoms with Crippen LogP contribution in [0.4, 0.5) is 27.6 Å². The van der Waals surface area contributed by atoms with E-state index in [0.717, 1.165) is 4.90 Å². The molecule has 0 saturated heterocycles. The third-order valence-corrected chi connectivity index (χ3v) is 2.56. The van der Waals surface area contributed by atoms with E-state index in [9.17, 15) is 22.0 Å². The van der Waals surface area contributed by atoms with Gasteiger partial charge < -0.3 is 4.90 Å². The Morgan fingerprint density at radius 1 is 0.947 bits per heavy atom. The van der Waals surface area contributed by atoms with E-state index in [4.69, 9.17) is 5.26 Å². The number of nitriles is 1. The summed E-state index contributed by atoms with van der Waals surface area (Å²) in [6.45, 7) is 2.91. The Balaban J connectivity index is 3.43. The second kappa shape index (κ2) is 5.87. The first-order valence-corrected chi connectivity index (χ1v) is 5.47.